The van der Waals surface area contributed by atoms with E-state index in [1.807, 2.05) is 43.0 Å². The fourth-order valence-corrected chi connectivity index (χ4v) is 2.83. The maximum absolute atomic E-state index is 5.96. The third-order valence-electron chi connectivity index (χ3n) is 4.02. The Morgan fingerprint density at radius 1 is 1.18 bits per heavy atom. The van der Waals surface area contributed by atoms with Crippen molar-refractivity contribution in [3.63, 3.8) is 0 Å². The minimum atomic E-state index is -0.596. The standard InChI is InChI=1S/C17H22N2O3/c1-20-16-6-4-15(5-7-16)17(21-12-13-22-17)8-2-3-10-19-11-9-18-14-19/h4-7,9,11,14H,2-3,8,10,12-13H2,1H3. The highest BCUT2D eigenvalue weighted by Gasteiger charge is 2.37. The van der Waals surface area contributed by atoms with Crippen LogP contribution in [0.5, 0.6) is 5.75 Å². The van der Waals surface area contributed by atoms with Crippen LogP contribution in [0.4, 0.5) is 0 Å². The summed E-state index contributed by atoms with van der Waals surface area (Å²) < 4.78 is 19.2. The first-order valence-electron chi connectivity index (χ1n) is 7.71. The molecule has 0 unspecified atom stereocenters. The number of hydrogen-bond acceptors (Lipinski definition) is 4. The molecule has 22 heavy (non-hydrogen) atoms. The molecule has 0 amide bonds. The van der Waals surface area contributed by atoms with Gasteiger partial charge in [0, 0.05) is 30.9 Å². The Bertz CT molecular complexity index is 560. The van der Waals surface area contributed by atoms with E-state index in [0.29, 0.717) is 13.2 Å². The minimum absolute atomic E-state index is 0.596. The molecule has 0 radical (unpaired) electrons. The van der Waals surface area contributed by atoms with E-state index in [1.54, 1.807) is 7.11 Å². The van der Waals surface area contributed by atoms with E-state index in [4.69, 9.17) is 14.2 Å². The van der Waals surface area contributed by atoms with Crippen LogP contribution in [0.2, 0.25) is 0 Å². The van der Waals surface area contributed by atoms with Gasteiger partial charge in [-0.1, -0.05) is 0 Å². The molecule has 1 aliphatic heterocycles. The molecule has 5 nitrogen and oxygen atoms in total. The van der Waals surface area contributed by atoms with E-state index < -0.39 is 5.79 Å². The van der Waals surface area contributed by atoms with Crippen molar-refractivity contribution in [2.75, 3.05) is 20.3 Å². The van der Waals surface area contributed by atoms with Gasteiger partial charge in [0.2, 0.25) is 0 Å². The van der Waals surface area contributed by atoms with Gasteiger partial charge in [0.05, 0.1) is 26.7 Å². The Hall–Kier alpha value is -1.85. The Morgan fingerprint density at radius 2 is 1.95 bits per heavy atom. The average Bonchev–Trinajstić information content (AvgIpc) is 3.24. The summed E-state index contributed by atoms with van der Waals surface area (Å²) in [7, 11) is 1.67. The lowest BCUT2D eigenvalue weighted by Crippen LogP contribution is -2.27. The number of hydrogen-bond donors (Lipinski definition) is 0. The van der Waals surface area contributed by atoms with Crippen LogP contribution in [0, 0.1) is 0 Å². The molecule has 1 aromatic carbocycles. The lowest BCUT2D eigenvalue weighted by molar-refractivity contribution is -0.171. The van der Waals surface area contributed by atoms with Gasteiger partial charge in [0.1, 0.15) is 5.75 Å². The van der Waals surface area contributed by atoms with Crippen molar-refractivity contribution in [1.82, 2.24) is 9.55 Å². The molecule has 1 aromatic heterocycles. The number of unbranched alkanes of at least 4 members (excludes halogenated alkanes) is 1. The quantitative estimate of drug-likeness (QED) is 0.738. The van der Waals surface area contributed by atoms with E-state index in [1.165, 1.54) is 0 Å². The zero-order chi connectivity index (χ0) is 15.3. The van der Waals surface area contributed by atoms with Crippen LogP contribution in [0.1, 0.15) is 24.8 Å². The molecule has 118 valence electrons. The first-order chi connectivity index (χ1) is 10.8. The van der Waals surface area contributed by atoms with Gasteiger partial charge in [-0.2, -0.15) is 0 Å². The number of imidazole rings is 1. The average molecular weight is 302 g/mol. The molecule has 0 bridgehead atoms. The third kappa shape index (κ3) is 3.31. The zero-order valence-electron chi connectivity index (χ0n) is 12.9. The first kappa shape index (κ1) is 15.1. The van der Waals surface area contributed by atoms with E-state index >= 15 is 0 Å². The topological polar surface area (TPSA) is 45.5 Å². The second kappa shape index (κ2) is 6.94. The fourth-order valence-electron chi connectivity index (χ4n) is 2.83. The molecule has 1 aliphatic rings. The Balaban J connectivity index is 1.60. The van der Waals surface area contributed by atoms with Crippen molar-refractivity contribution in [2.45, 2.75) is 31.6 Å². The van der Waals surface area contributed by atoms with Crippen LogP contribution in [0.25, 0.3) is 0 Å². The van der Waals surface area contributed by atoms with Crippen molar-refractivity contribution in [1.29, 1.82) is 0 Å². The number of rotatable bonds is 7. The molecule has 1 fully saturated rings. The highest BCUT2D eigenvalue weighted by atomic mass is 16.7. The largest absolute Gasteiger partial charge is 0.497 e. The predicted octanol–water partition coefficient (Wildman–Crippen LogP) is 2.96. The van der Waals surface area contributed by atoms with Crippen LogP contribution in [0.3, 0.4) is 0 Å². The lowest BCUT2D eigenvalue weighted by Gasteiger charge is -2.28. The van der Waals surface area contributed by atoms with Crippen LogP contribution in [0.15, 0.2) is 43.0 Å². The van der Waals surface area contributed by atoms with Crippen LogP contribution in [-0.2, 0) is 21.8 Å². The molecule has 3 rings (SSSR count). The number of nitrogens with zero attached hydrogens (tertiary/aromatic N) is 2. The molecule has 0 aliphatic carbocycles. The van der Waals surface area contributed by atoms with E-state index in [2.05, 4.69) is 9.55 Å². The van der Waals surface area contributed by atoms with Crippen LogP contribution >= 0.6 is 0 Å². The summed E-state index contributed by atoms with van der Waals surface area (Å²) in [4.78, 5) is 4.06. The lowest BCUT2D eigenvalue weighted by atomic mass is 9.99. The Kier molecular flexibility index (Phi) is 4.75. The van der Waals surface area contributed by atoms with Crippen LogP contribution < -0.4 is 4.74 Å². The van der Waals surface area contributed by atoms with Crippen molar-refractivity contribution in [3.05, 3.63) is 48.5 Å². The number of aryl methyl sites for hydroxylation is 1. The monoisotopic (exact) mass is 302 g/mol. The number of ether oxygens (including phenoxy) is 3. The van der Waals surface area contributed by atoms with E-state index in [9.17, 15) is 0 Å². The summed E-state index contributed by atoms with van der Waals surface area (Å²) in [6.07, 6.45) is 8.60. The Morgan fingerprint density at radius 3 is 2.59 bits per heavy atom. The minimum Gasteiger partial charge on any atom is -0.497 e. The van der Waals surface area contributed by atoms with E-state index in [-0.39, 0.29) is 0 Å². The number of benzene rings is 1. The normalized spacial score (nSPS) is 16.8. The molecule has 2 aromatic rings. The highest BCUT2D eigenvalue weighted by Crippen LogP contribution is 2.37. The Labute approximate surface area is 130 Å². The molecule has 0 spiro atoms. The zero-order valence-corrected chi connectivity index (χ0v) is 12.9. The van der Waals surface area contributed by atoms with Gasteiger partial charge in [-0.3, -0.25) is 0 Å². The molecule has 5 heteroatoms. The highest BCUT2D eigenvalue weighted by molar-refractivity contribution is 5.30. The van der Waals surface area contributed by atoms with Gasteiger partial charge in [0.15, 0.2) is 5.79 Å². The smallest absolute Gasteiger partial charge is 0.194 e. The van der Waals surface area contributed by atoms with Crippen molar-refractivity contribution in [3.8, 4) is 5.75 Å². The van der Waals surface area contributed by atoms with Crippen molar-refractivity contribution < 1.29 is 14.2 Å². The molecule has 0 saturated carbocycles. The predicted molar refractivity (Wildman–Crippen MR) is 82.7 cm³/mol. The second-order valence-electron chi connectivity index (χ2n) is 5.44. The summed E-state index contributed by atoms with van der Waals surface area (Å²) in [5.41, 5.74) is 1.06. The first-order valence-corrected chi connectivity index (χ1v) is 7.71. The molecular formula is C17H22N2O3. The molecule has 2 heterocycles. The summed E-state index contributed by atoms with van der Waals surface area (Å²) in [6, 6.07) is 7.96. The molecule has 1 saturated heterocycles. The fraction of sp³-hybridized carbons (Fsp3) is 0.471. The van der Waals surface area contributed by atoms with E-state index in [0.717, 1.165) is 37.1 Å². The van der Waals surface area contributed by atoms with Crippen molar-refractivity contribution in [2.24, 2.45) is 0 Å². The van der Waals surface area contributed by atoms with Gasteiger partial charge in [-0.25, -0.2) is 4.98 Å². The van der Waals surface area contributed by atoms with Gasteiger partial charge >= 0.3 is 0 Å². The number of methoxy groups -OCH3 is 1. The molecule has 0 atom stereocenters. The van der Waals surface area contributed by atoms with Gasteiger partial charge < -0.3 is 18.8 Å². The van der Waals surface area contributed by atoms with Gasteiger partial charge in [-0.05, 0) is 37.1 Å². The summed E-state index contributed by atoms with van der Waals surface area (Å²) in [5.74, 6) is 0.248. The van der Waals surface area contributed by atoms with Gasteiger partial charge in [0.25, 0.3) is 0 Å². The summed E-state index contributed by atoms with van der Waals surface area (Å²) in [5, 5.41) is 0. The third-order valence-corrected chi connectivity index (χ3v) is 4.02. The maximum Gasteiger partial charge on any atom is 0.194 e. The second-order valence-corrected chi connectivity index (χ2v) is 5.44. The summed E-state index contributed by atoms with van der Waals surface area (Å²) in [6.45, 7) is 2.26. The van der Waals surface area contributed by atoms with Crippen LogP contribution in [-0.4, -0.2) is 29.9 Å². The van der Waals surface area contributed by atoms with Gasteiger partial charge in [-0.15, -0.1) is 0 Å². The maximum atomic E-state index is 5.96. The van der Waals surface area contributed by atoms with Crippen molar-refractivity contribution >= 4 is 0 Å². The molecule has 0 N–H and O–H groups in total. The number of aromatic nitrogens is 2. The molecular weight excluding hydrogens is 280 g/mol. The summed E-state index contributed by atoms with van der Waals surface area (Å²) >= 11 is 0. The SMILES string of the molecule is COc1ccc(C2(CCCCn3ccnc3)OCCO2)cc1.